The Morgan fingerprint density at radius 1 is 1.13 bits per heavy atom. The molecular weight excluding hydrogens is 437 g/mol. The van der Waals surface area contributed by atoms with Crippen LogP contribution in [0.25, 0.3) is 5.52 Å². The summed E-state index contributed by atoms with van der Waals surface area (Å²) in [6.45, 7) is 1.04. The van der Waals surface area contributed by atoms with Gasteiger partial charge >= 0.3 is 6.18 Å². The standard InChI is InChI=1S/C18H17F3N6O3S/c19-18(20,21)14-4-5-22-17(24-14)25-16(28)15-23-12(13-3-1-2-6-27(13)15)11-26-7-9-31(29,30)10-8-26/h1-6H,7-11H2,(H,22,24,25,28). The molecule has 1 aliphatic heterocycles. The number of hydrogen-bond donors (Lipinski definition) is 1. The summed E-state index contributed by atoms with van der Waals surface area (Å²) in [5.74, 6) is -1.20. The summed E-state index contributed by atoms with van der Waals surface area (Å²) in [6, 6.07) is 5.90. The lowest BCUT2D eigenvalue weighted by Crippen LogP contribution is -2.39. The van der Waals surface area contributed by atoms with Gasteiger partial charge in [-0.3, -0.25) is 19.4 Å². The second kappa shape index (κ2) is 7.89. The van der Waals surface area contributed by atoms with Gasteiger partial charge in [0.05, 0.1) is 22.7 Å². The molecule has 0 aromatic carbocycles. The van der Waals surface area contributed by atoms with Crippen LogP contribution in [-0.4, -0.2) is 63.2 Å². The summed E-state index contributed by atoms with van der Waals surface area (Å²) in [5.41, 5.74) is 0.00701. The number of hydrogen-bond acceptors (Lipinski definition) is 7. The molecule has 0 atom stereocenters. The molecule has 1 amide bonds. The average Bonchev–Trinajstić information content (AvgIpc) is 3.08. The molecule has 3 aromatic heterocycles. The molecule has 0 bridgehead atoms. The summed E-state index contributed by atoms with van der Waals surface area (Å²) in [6.07, 6.45) is -2.16. The minimum Gasteiger partial charge on any atom is -0.295 e. The number of nitrogens with zero attached hydrogens (tertiary/aromatic N) is 5. The molecule has 3 aromatic rings. The Hall–Kier alpha value is -3.06. The van der Waals surface area contributed by atoms with Crippen LogP contribution in [0.3, 0.4) is 0 Å². The van der Waals surface area contributed by atoms with E-state index < -0.39 is 33.6 Å². The Morgan fingerprint density at radius 2 is 1.87 bits per heavy atom. The number of rotatable bonds is 4. The molecular formula is C18H17F3N6O3S. The maximum atomic E-state index is 12.8. The Kier molecular flexibility index (Phi) is 5.39. The lowest BCUT2D eigenvalue weighted by Gasteiger charge is -2.25. The number of amides is 1. The predicted molar refractivity (Wildman–Crippen MR) is 104 cm³/mol. The van der Waals surface area contributed by atoms with Crippen LogP contribution in [0, 0.1) is 0 Å². The lowest BCUT2D eigenvalue weighted by atomic mass is 10.3. The SMILES string of the molecule is O=C(Nc1nccc(C(F)(F)F)n1)c1nc(CN2CCS(=O)(=O)CC2)c2ccccn12. The zero-order chi connectivity index (χ0) is 22.2. The van der Waals surface area contributed by atoms with E-state index in [1.165, 1.54) is 4.40 Å². The van der Waals surface area contributed by atoms with Crippen molar-refractivity contribution in [3.05, 3.63) is 53.9 Å². The van der Waals surface area contributed by atoms with Crippen molar-refractivity contribution < 1.29 is 26.4 Å². The third kappa shape index (κ3) is 4.66. The fraction of sp³-hybridized carbons (Fsp3) is 0.333. The van der Waals surface area contributed by atoms with Gasteiger partial charge in [0, 0.05) is 32.0 Å². The van der Waals surface area contributed by atoms with Crippen molar-refractivity contribution in [2.45, 2.75) is 12.7 Å². The molecule has 0 unspecified atom stereocenters. The van der Waals surface area contributed by atoms with Crippen molar-refractivity contribution in [1.29, 1.82) is 0 Å². The Balaban J connectivity index is 1.59. The van der Waals surface area contributed by atoms with Crippen LogP contribution in [0.5, 0.6) is 0 Å². The first-order valence-corrected chi connectivity index (χ1v) is 11.0. The van der Waals surface area contributed by atoms with E-state index in [1.54, 1.807) is 24.4 Å². The van der Waals surface area contributed by atoms with Crippen LogP contribution in [0.4, 0.5) is 19.1 Å². The second-order valence-corrected chi connectivity index (χ2v) is 9.29. The van der Waals surface area contributed by atoms with Gasteiger partial charge in [0.25, 0.3) is 5.91 Å². The Labute approximate surface area is 174 Å². The van der Waals surface area contributed by atoms with Crippen LogP contribution in [-0.2, 0) is 22.6 Å². The number of anilines is 1. The first-order chi connectivity index (χ1) is 14.6. The van der Waals surface area contributed by atoms with E-state index in [0.29, 0.717) is 36.9 Å². The molecule has 1 fully saturated rings. The highest BCUT2D eigenvalue weighted by molar-refractivity contribution is 7.91. The molecule has 0 saturated carbocycles. The zero-order valence-electron chi connectivity index (χ0n) is 16.0. The van der Waals surface area contributed by atoms with Crippen LogP contribution in [0.2, 0.25) is 0 Å². The van der Waals surface area contributed by atoms with E-state index in [0.717, 1.165) is 6.20 Å². The van der Waals surface area contributed by atoms with Gasteiger partial charge in [0.2, 0.25) is 11.8 Å². The Morgan fingerprint density at radius 3 is 2.58 bits per heavy atom. The van der Waals surface area contributed by atoms with Crippen molar-refractivity contribution in [2.24, 2.45) is 0 Å². The van der Waals surface area contributed by atoms with Crippen LogP contribution >= 0.6 is 0 Å². The third-order valence-corrected chi connectivity index (χ3v) is 6.42. The van der Waals surface area contributed by atoms with E-state index in [-0.39, 0.29) is 17.3 Å². The largest absolute Gasteiger partial charge is 0.433 e. The summed E-state index contributed by atoms with van der Waals surface area (Å²) >= 11 is 0. The van der Waals surface area contributed by atoms with Crippen LogP contribution in [0.15, 0.2) is 36.7 Å². The minimum atomic E-state index is -4.67. The molecule has 1 saturated heterocycles. The number of aromatic nitrogens is 4. The first-order valence-electron chi connectivity index (χ1n) is 9.23. The van der Waals surface area contributed by atoms with Gasteiger partial charge < -0.3 is 0 Å². The van der Waals surface area contributed by atoms with Crippen molar-refractivity contribution in [1.82, 2.24) is 24.3 Å². The molecule has 9 nitrogen and oxygen atoms in total. The van der Waals surface area contributed by atoms with E-state index >= 15 is 0 Å². The molecule has 1 N–H and O–H groups in total. The summed E-state index contributed by atoms with van der Waals surface area (Å²) in [4.78, 5) is 26.0. The van der Waals surface area contributed by atoms with E-state index in [9.17, 15) is 26.4 Å². The number of carbonyl (C=O) groups is 1. The molecule has 13 heteroatoms. The lowest BCUT2D eigenvalue weighted by molar-refractivity contribution is -0.141. The van der Waals surface area contributed by atoms with Gasteiger partial charge in [-0.25, -0.2) is 23.4 Å². The third-order valence-electron chi connectivity index (χ3n) is 4.81. The second-order valence-electron chi connectivity index (χ2n) is 6.98. The number of sulfone groups is 1. The minimum absolute atomic E-state index is 0.0451. The smallest absolute Gasteiger partial charge is 0.295 e. The number of nitrogens with one attached hydrogen (secondary N) is 1. The maximum Gasteiger partial charge on any atom is 0.433 e. The predicted octanol–water partition coefficient (Wildman–Crippen LogP) is 1.63. The number of carbonyl (C=O) groups excluding carboxylic acids is 1. The average molecular weight is 454 g/mol. The highest BCUT2D eigenvalue weighted by atomic mass is 32.2. The molecule has 0 aliphatic carbocycles. The summed E-state index contributed by atoms with van der Waals surface area (Å²) in [7, 11) is -3.03. The number of imidazole rings is 1. The Bertz CT molecular complexity index is 1230. The zero-order valence-corrected chi connectivity index (χ0v) is 16.8. The van der Waals surface area contributed by atoms with Crippen molar-refractivity contribution in [3.63, 3.8) is 0 Å². The number of alkyl halides is 3. The fourth-order valence-electron chi connectivity index (χ4n) is 3.23. The molecule has 1 aliphatic rings. The number of fused-ring (bicyclic) bond motifs is 1. The highest BCUT2D eigenvalue weighted by Crippen LogP contribution is 2.27. The van der Waals surface area contributed by atoms with Gasteiger partial charge in [-0.2, -0.15) is 13.2 Å². The number of pyridine rings is 1. The van der Waals surface area contributed by atoms with Crippen molar-refractivity contribution in [3.8, 4) is 0 Å². The maximum absolute atomic E-state index is 12.8. The summed E-state index contributed by atoms with van der Waals surface area (Å²) in [5, 5.41) is 2.25. The van der Waals surface area contributed by atoms with E-state index in [4.69, 9.17) is 0 Å². The normalized spacial score (nSPS) is 17.0. The summed E-state index contributed by atoms with van der Waals surface area (Å²) < 4.78 is 63.3. The molecule has 4 heterocycles. The number of halogens is 3. The quantitative estimate of drug-likeness (QED) is 0.638. The highest BCUT2D eigenvalue weighted by Gasteiger charge is 2.33. The van der Waals surface area contributed by atoms with Gasteiger partial charge in [-0.05, 0) is 18.2 Å². The molecule has 164 valence electrons. The monoisotopic (exact) mass is 454 g/mol. The van der Waals surface area contributed by atoms with Gasteiger partial charge in [-0.1, -0.05) is 6.07 Å². The molecule has 4 rings (SSSR count). The fourth-order valence-corrected chi connectivity index (χ4v) is 4.51. The molecule has 0 spiro atoms. The van der Waals surface area contributed by atoms with Gasteiger partial charge in [-0.15, -0.1) is 0 Å². The molecule has 0 radical (unpaired) electrons. The van der Waals surface area contributed by atoms with Crippen LogP contribution < -0.4 is 5.32 Å². The van der Waals surface area contributed by atoms with E-state index in [2.05, 4.69) is 20.3 Å². The topological polar surface area (TPSA) is 110 Å². The van der Waals surface area contributed by atoms with Gasteiger partial charge in [0.1, 0.15) is 5.69 Å². The first kappa shape index (κ1) is 21.2. The van der Waals surface area contributed by atoms with E-state index in [1.807, 2.05) is 4.90 Å². The van der Waals surface area contributed by atoms with Gasteiger partial charge in [0.15, 0.2) is 9.84 Å². The molecule has 31 heavy (non-hydrogen) atoms. The van der Waals surface area contributed by atoms with Crippen LogP contribution in [0.1, 0.15) is 22.0 Å². The van der Waals surface area contributed by atoms with Crippen molar-refractivity contribution >= 4 is 27.2 Å². The van der Waals surface area contributed by atoms with Crippen molar-refractivity contribution in [2.75, 3.05) is 29.9 Å².